The highest BCUT2D eigenvalue weighted by molar-refractivity contribution is 6.34. The summed E-state index contributed by atoms with van der Waals surface area (Å²) in [4.78, 5) is 34.0. The minimum Gasteiger partial charge on any atom is -0.330 e. The number of nitrogens with two attached hydrogens (primary N) is 1. The van der Waals surface area contributed by atoms with Gasteiger partial charge in [-0.25, -0.2) is 14.2 Å². The summed E-state index contributed by atoms with van der Waals surface area (Å²) in [6.07, 6.45) is 0.536. The quantitative estimate of drug-likeness (QED) is 0.353. The van der Waals surface area contributed by atoms with Gasteiger partial charge < -0.3 is 10.6 Å². The number of hydrogen-bond donors (Lipinski definition) is 1. The van der Waals surface area contributed by atoms with Crippen molar-refractivity contribution in [2.24, 2.45) is 11.7 Å². The number of rotatable bonds is 9. The van der Waals surface area contributed by atoms with Gasteiger partial charge in [0.15, 0.2) is 5.65 Å². The molecule has 0 aliphatic rings. The molecule has 1 amide bonds. The minimum atomic E-state index is -0.600. The number of nitrogens with zero attached hydrogens (tertiary/aromatic N) is 5. The Morgan fingerprint density at radius 1 is 1.14 bits per heavy atom. The lowest BCUT2D eigenvalue weighted by Crippen LogP contribution is -2.43. The van der Waals surface area contributed by atoms with Gasteiger partial charge in [-0.1, -0.05) is 55.8 Å². The third-order valence-electron chi connectivity index (χ3n) is 6.24. The molecule has 194 valence electrons. The molecule has 0 aliphatic heterocycles. The van der Waals surface area contributed by atoms with Crippen molar-refractivity contribution in [3.05, 3.63) is 98.6 Å². The number of amides is 1. The highest BCUT2D eigenvalue weighted by Crippen LogP contribution is 2.31. The summed E-state index contributed by atoms with van der Waals surface area (Å²) in [5, 5.41) is 4.58. The first-order valence-electron chi connectivity index (χ1n) is 12.2. The molecule has 10 heteroatoms. The molecule has 0 saturated carbocycles. The first kappa shape index (κ1) is 26.5. The normalized spacial score (nSPS) is 12.3. The fourth-order valence-corrected chi connectivity index (χ4v) is 4.59. The molecule has 4 rings (SSSR count). The standard InChI is InChI=1S/C27H30ClFN6O2/c1-17(2)23(33(15-7-14-30)26(36)20-10-12-21(29)13-11-20)25-31-24-22(28)18(3)32-35(24)27(37)34(25)16-19-8-5-4-6-9-19/h4-6,8-13,17,23H,7,14-16,30H2,1-3H3/t23-/m0/s1. The van der Waals surface area contributed by atoms with Crippen molar-refractivity contribution in [3.8, 4) is 0 Å². The SMILES string of the molecule is Cc1nn2c(=O)n(Cc3ccccc3)c([C@H](C(C)C)N(CCCN)C(=O)c3ccc(F)cc3)nc2c1Cl. The summed E-state index contributed by atoms with van der Waals surface area (Å²) in [6.45, 7) is 6.56. The molecule has 2 heterocycles. The number of carbonyl (C=O) groups is 1. The number of benzene rings is 2. The van der Waals surface area contributed by atoms with Crippen molar-refractivity contribution in [1.29, 1.82) is 0 Å². The fraction of sp³-hybridized carbons (Fsp3) is 0.333. The Kier molecular flexibility index (Phi) is 8.04. The predicted molar refractivity (Wildman–Crippen MR) is 141 cm³/mol. The van der Waals surface area contributed by atoms with Crippen molar-refractivity contribution < 1.29 is 9.18 Å². The van der Waals surface area contributed by atoms with Crippen molar-refractivity contribution >= 4 is 23.2 Å². The Morgan fingerprint density at radius 3 is 2.43 bits per heavy atom. The zero-order valence-electron chi connectivity index (χ0n) is 21.1. The van der Waals surface area contributed by atoms with Gasteiger partial charge >= 0.3 is 5.69 Å². The third-order valence-corrected chi connectivity index (χ3v) is 6.69. The van der Waals surface area contributed by atoms with E-state index in [0.29, 0.717) is 36.6 Å². The van der Waals surface area contributed by atoms with Gasteiger partial charge in [-0.15, -0.1) is 0 Å². The molecule has 0 spiro atoms. The third kappa shape index (κ3) is 5.42. The van der Waals surface area contributed by atoms with Crippen LogP contribution in [0.2, 0.25) is 5.02 Å². The van der Waals surface area contributed by atoms with E-state index in [9.17, 15) is 14.0 Å². The molecule has 4 aromatic rings. The summed E-state index contributed by atoms with van der Waals surface area (Å²) in [5.41, 5.74) is 7.36. The average molecular weight is 525 g/mol. The maximum Gasteiger partial charge on any atom is 0.352 e. The number of halogens is 2. The average Bonchev–Trinajstić information content (AvgIpc) is 3.17. The maximum absolute atomic E-state index is 13.8. The molecule has 2 aromatic carbocycles. The van der Waals surface area contributed by atoms with Gasteiger partial charge in [0.1, 0.15) is 16.7 Å². The number of fused-ring (bicyclic) bond motifs is 1. The second-order valence-electron chi connectivity index (χ2n) is 9.30. The van der Waals surface area contributed by atoms with Crippen molar-refractivity contribution in [3.63, 3.8) is 0 Å². The Labute approximate surface area is 219 Å². The van der Waals surface area contributed by atoms with Gasteiger partial charge in [0.05, 0.1) is 18.3 Å². The van der Waals surface area contributed by atoms with Crippen LogP contribution in [0.4, 0.5) is 4.39 Å². The summed E-state index contributed by atoms with van der Waals surface area (Å²) >= 11 is 6.49. The van der Waals surface area contributed by atoms with Crippen LogP contribution in [0.1, 0.15) is 53.7 Å². The smallest absolute Gasteiger partial charge is 0.330 e. The van der Waals surface area contributed by atoms with Crippen molar-refractivity contribution in [1.82, 2.24) is 24.1 Å². The van der Waals surface area contributed by atoms with E-state index in [1.54, 1.807) is 16.4 Å². The Morgan fingerprint density at radius 2 is 1.81 bits per heavy atom. The van der Waals surface area contributed by atoms with Gasteiger partial charge in [-0.3, -0.25) is 9.36 Å². The van der Waals surface area contributed by atoms with Crippen LogP contribution in [0, 0.1) is 18.7 Å². The Bertz CT molecular complexity index is 1450. The molecule has 0 bridgehead atoms. The van der Waals surface area contributed by atoms with Crippen LogP contribution in [0.5, 0.6) is 0 Å². The van der Waals surface area contributed by atoms with E-state index in [4.69, 9.17) is 22.3 Å². The van der Waals surface area contributed by atoms with Crippen LogP contribution >= 0.6 is 11.6 Å². The molecule has 2 N–H and O–H groups in total. The van der Waals surface area contributed by atoms with Crippen LogP contribution < -0.4 is 11.4 Å². The second-order valence-corrected chi connectivity index (χ2v) is 9.67. The number of carbonyl (C=O) groups excluding carboxylic acids is 1. The van der Waals surface area contributed by atoms with Crippen LogP contribution in [-0.2, 0) is 6.54 Å². The lowest BCUT2D eigenvalue weighted by Gasteiger charge is -2.35. The van der Waals surface area contributed by atoms with Crippen molar-refractivity contribution in [2.45, 2.75) is 39.8 Å². The number of aryl methyl sites for hydroxylation is 1. The van der Waals surface area contributed by atoms with Gasteiger partial charge in [0.2, 0.25) is 0 Å². The van der Waals surface area contributed by atoms with Gasteiger partial charge in [-0.05, 0) is 55.6 Å². The fourth-order valence-electron chi connectivity index (χ4n) is 4.43. The van der Waals surface area contributed by atoms with E-state index in [2.05, 4.69) is 5.10 Å². The zero-order valence-corrected chi connectivity index (χ0v) is 21.8. The van der Waals surface area contributed by atoms with Gasteiger partial charge in [0.25, 0.3) is 5.91 Å². The van der Waals surface area contributed by atoms with Gasteiger partial charge in [0, 0.05) is 12.1 Å². The summed E-state index contributed by atoms with van der Waals surface area (Å²) in [7, 11) is 0. The van der Waals surface area contributed by atoms with Crippen LogP contribution in [0.25, 0.3) is 5.65 Å². The molecular formula is C27H30ClFN6O2. The predicted octanol–water partition coefficient (Wildman–Crippen LogP) is 4.23. The highest BCUT2D eigenvalue weighted by Gasteiger charge is 2.33. The van der Waals surface area contributed by atoms with E-state index in [-0.39, 0.29) is 29.0 Å². The van der Waals surface area contributed by atoms with E-state index >= 15 is 0 Å². The second kappa shape index (κ2) is 11.2. The van der Waals surface area contributed by atoms with Crippen molar-refractivity contribution in [2.75, 3.05) is 13.1 Å². The number of aromatic nitrogens is 4. The molecule has 0 radical (unpaired) electrons. The van der Waals surface area contributed by atoms with E-state index in [0.717, 1.165) is 5.56 Å². The molecule has 37 heavy (non-hydrogen) atoms. The summed E-state index contributed by atoms with van der Waals surface area (Å²) < 4.78 is 16.3. The molecule has 0 saturated heterocycles. The molecule has 1 atom stereocenters. The van der Waals surface area contributed by atoms with E-state index < -0.39 is 17.5 Å². The van der Waals surface area contributed by atoms with Gasteiger partial charge in [-0.2, -0.15) is 9.61 Å². The molecule has 0 aliphatic carbocycles. The first-order valence-corrected chi connectivity index (χ1v) is 12.6. The molecule has 0 fully saturated rings. The van der Waals surface area contributed by atoms with E-state index in [1.165, 1.54) is 28.8 Å². The number of hydrogen-bond acceptors (Lipinski definition) is 5. The molecule has 0 unspecified atom stereocenters. The summed E-state index contributed by atoms with van der Waals surface area (Å²) in [6, 6.07) is 14.3. The van der Waals surface area contributed by atoms with Crippen LogP contribution in [0.3, 0.4) is 0 Å². The topological polar surface area (TPSA) is 98.5 Å². The monoisotopic (exact) mass is 524 g/mol. The van der Waals surface area contributed by atoms with E-state index in [1.807, 2.05) is 44.2 Å². The molecule has 8 nitrogen and oxygen atoms in total. The lowest BCUT2D eigenvalue weighted by atomic mass is 9.99. The van der Waals surface area contributed by atoms with Crippen LogP contribution in [0.15, 0.2) is 59.4 Å². The Balaban J connectivity index is 1.94. The maximum atomic E-state index is 13.8. The Hall–Kier alpha value is -3.56. The molecular weight excluding hydrogens is 495 g/mol. The van der Waals surface area contributed by atoms with Crippen LogP contribution in [-0.4, -0.2) is 43.1 Å². The highest BCUT2D eigenvalue weighted by atomic mass is 35.5. The lowest BCUT2D eigenvalue weighted by molar-refractivity contribution is 0.0601. The zero-order chi connectivity index (χ0) is 26.7. The largest absolute Gasteiger partial charge is 0.352 e. The molecule has 2 aromatic heterocycles. The first-order chi connectivity index (χ1) is 17.7. The minimum absolute atomic E-state index is 0.138. The summed E-state index contributed by atoms with van der Waals surface area (Å²) in [5.74, 6) is -0.477.